The maximum Gasteiger partial charge on any atom is 0.160 e. The van der Waals surface area contributed by atoms with E-state index in [1.165, 1.54) is 0 Å². The average Bonchev–Trinajstić information content (AvgIpc) is 2.51. The van der Waals surface area contributed by atoms with Crippen LogP contribution in [0.4, 0.5) is 0 Å². The normalized spacial score (nSPS) is 10.8. The number of ketones is 1. The highest BCUT2D eigenvalue weighted by Gasteiger charge is 2.13. The van der Waals surface area contributed by atoms with Gasteiger partial charge in [0.25, 0.3) is 0 Å². The number of carbonyl (C=O) groups excluding carboxylic acids is 1. The van der Waals surface area contributed by atoms with Gasteiger partial charge < -0.3 is 0 Å². The Hall–Kier alpha value is -2.19. The van der Waals surface area contributed by atoms with Gasteiger partial charge in [0.15, 0.2) is 5.78 Å². The SMILES string of the molecule is CC(=O)c1cc(-c2ccccc2)nc2c(C)c(Cl)ccc12. The van der Waals surface area contributed by atoms with Crippen molar-refractivity contribution in [1.29, 1.82) is 0 Å². The van der Waals surface area contributed by atoms with Crippen LogP contribution in [-0.4, -0.2) is 10.8 Å². The highest BCUT2D eigenvalue weighted by atomic mass is 35.5. The van der Waals surface area contributed by atoms with Gasteiger partial charge in [0, 0.05) is 21.5 Å². The molecule has 0 saturated carbocycles. The fraction of sp³-hybridized carbons (Fsp3) is 0.111. The van der Waals surface area contributed by atoms with Gasteiger partial charge in [0.1, 0.15) is 0 Å². The molecule has 0 aliphatic heterocycles. The summed E-state index contributed by atoms with van der Waals surface area (Å²) in [6.07, 6.45) is 0. The zero-order valence-corrected chi connectivity index (χ0v) is 12.6. The first-order valence-electron chi connectivity index (χ1n) is 6.74. The lowest BCUT2D eigenvalue weighted by atomic mass is 10.00. The van der Waals surface area contributed by atoms with E-state index in [1.54, 1.807) is 6.92 Å². The molecule has 3 aromatic rings. The zero-order valence-electron chi connectivity index (χ0n) is 11.9. The third-order valence-electron chi connectivity index (χ3n) is 3.62. The Kier molecular flexibility index (Phi) is 3.48. The number of aromatic nitrogens is 1. The van der Waals surface area contributed by atoms with Gasteiger partial charge in [-0.25, -0.2) is 4.98 Å². The number of aryl methyl sites for hydroxylation is 1. The van der Waals surface area contributed by atoms with Gasteiger partial charge in [-0.05, 0) is 31.5 Å². The number of fused-ring (bicyclic) bond motifs is 1. The summed E-state index contributed by atoms with van der Waals surface area (Å²) in [4.78, 5) is 16.7. The second kappa shape index (κ2) is 5.30. The van der Waals surface area contributed by atoms with Crippen molar-refractivity contribution in [2.75, 3.05) is 0 Å². The molecule has 0 radical (unpaired) electrons. The topological polar surface area (TPSA) is 30.0 Å². The van der Waals surface area contributed by atoms with Gasteiger partial charge in [-0.2, -0.15) is 0 Å². The van der Waals surface area contributed by atoms with Crippen molar-refractivity contribution >= 4 is 28.3 Å². The molecule has 0 aliphatic carbocycles. The lowest BCUT2D eigenvalue weighted by molar-refractivity contribution is 0.101. The highest BCUT2D eigenvalue weighted by molar-refractivity contribution is 6.32. The third-order valence-corrected chi connectivity index (χ3v) is 4.03. The molecule has 2 aromatic carbocycles. The van der Waals surface area contributed by atoms with Crippen LogP contribution in [0.25, 0.3) is 22.2 Å². The number of hydrogen-bond donors (Lipinski definition) is 0. The van der Waals surface area contributed by atoms with Gasteiger partial charge in [0.05, 0.1) is 11.2 Å². The molecule has 0 amide bonds. The molecule has 1 aromatic heterocycles. The lowest BCUT2D eigenvalue weighted by Gasteiger charge is -2.10. The Labute approximate surface area is 128 Å². The standard InChI is InChI=1S/C18H14ClNO/c1-11-16(19)9-8-14-15(12(2)21)10-17(20-18(11)14)13-6-4-3-5-7-13/h3-10H,1-2H3. The fourth-order valence-corrected chi connectivity index (χ4v) is 2.60. The van der Waals surface area contributed by atoms with Crippen LogP contribution >= 0.6 is 11.6 Å². The van der Waals surface area contributed by atoms with Crippen molar-refractivity contribution in [2.45, 2.75) is 13.8 Å². The molecule has 3 rings (SSSR count). The van der Waals surface area contributed by atoms with Gasteiger partial charge >= 0.3 is 0 Å². The van der Waals surface area contributed by atoms with Crippen LogP contribution in [0.1, 0.15) is 22.8 Å². The molecular formula is C18H14ClNO. The van der Waals surface area contributed by atoms with Crippen LogP contribution in [0.3, 0.4) is 0 Å². The second-order valence-corrected chi connectivity index (χ2v) is 5.45. The summed E-state index contributed by atoms with van der Waals surface area (Å²) in [6.45, 7) is 3.50. The maximum absolute atomic E-state index is 12.0. The molecule has 0 fully saturated rings. The monoisotopic (exact) mass is 295 g/mol. The molecule has 0 atom stereocenters. The average molecular weight is 296 g/mol. The number of rotatable bonds is 2. The van der Waals surface area contributed by atoms with Crippen molar-refractivity contribution in [3.8, 4) is 11.3 Å². The Bertz CT molecular complexity index is 841. The van der Waals surface area contributed by atoms with E-state index in [2.05, 4.69) is 0 Å². The summed E-state index contributed by atoms with van der Waals surface area (Å²) >= 11 is 6.19. The molecule has 21 heavy (non-hydrogen) atoms. The second-order valence-electron chi connectivity index (χ2n) is 5.05. The Morgan fingerprint density at radius 2 is 1.81 bits per heavy atom. The van der Waals surface area contributed by atoms with E-state index in [4.69, 9.17) is 16.6 Å². The maximum atomic E-state index is 12.0. The third kappa shape index (κ3) is 2.43. The van der Waals surface area contributed by atoms with Crippen LogP contribution < -0.4 is 0 Å². The van der Waals surface area contributed by atoms with Crippen LogP contribution in [0.2, 0.25) is 5.02 Å². The van der Waals surface area contributed by atoms with Crippen molar-refractivity contribution < 1.29 is 4.79 Å². The van der Waals surface area contributed by atoms with Crippen LogP contribution in [0.15, 0.2) is 48.5 Å². The number of pyridine rings is 1. The van der Waals surface area contributed by atoms with Gasteiger partial charge in [0.2, 0.25) is 0 Å². The van der Waals surface area contributed by atoms with E-state index >= 15 is 0 Å². The largest absolute Gasteiger partial charge is 0.294 e. The predicted octanol–water partition coefficient (Wildman–Crippen LogP) is 5.07. The molecule has 0 saturated heterocycles. The lowest BCUT2D eigenvalue weighted by Crippen LogP contribution is -1.99. The van der Waals surface area contributed by atoms with E-state index in [0.717, 1.165) is 27.7 Å². The minimum Gasteiger partial charge on any atom is -0.294 e. The summed E-state index contributed by atoms with van der Waals surface area (Å²) in [5, 5.41) is 1.51. The summed E-state index contributed by atoms with van der Waals surface area (Å²) in [5.74, 6) is 0.0290. The van der Waals surface area contributed by atoms with Crippen LogP contribution in [0.5, 0.6) is 0 Å². The summed E-state index contributed by atoms with van der Waals surface area (Å²) in [5.41, 5.74) is 4.14. The molecule has 3 heteroatoms. The van der Waals surface area contributed by atoms with Gasteiger partial charge in [-0.15, -0.1) is 0 Å². The van der Waals surface area contributed by atoms with E-state index in [-0.39, 0.29) is 5.78 Å². The Morgan fingerprint density at radius 3 is 2.48 bits per heavy atom. The fourth-order valence-electron chi connectivity index (χ4n) is 2.45. The van der Waals surface area contributed by atoms with E-state index < -0.39 is 0 Å². The minimum absolute atomic E-state index is 0.0290. The number of carbonyl (C=O) groups is 1. The molecule has 0 N–H and O–H groups in total. The summed E-state index contributed by atoms with van der Waals surface area (Å²) < 4.78 is 0. The van der Waals surface area contributed by atoms with E-state index in [0.29, 0.717) is 10.6 Å². The molecule has 0 bridgehead atoms. The molecule has 0 spiro atoms. The van der Waals surface area contributed by atoms with E-state index in [1.807, 2.05) is 55.5 Å². The van der Waals surface area contributed by atoms with Crippen LogP contribution in [0, 0.1) is 6.92 Å². The van der Waals surface area contributed by atoms with E-state index in [9.17, 15) is 4.79 Å². The molecule has 2 nitrogen and oxygen atoms in total. The Morgan fingerprint density at radius 1 is 1.10 bits per heavy atom. The Balaban J connectivity index is 2.39. The first-order valence-corrected chi connectivity index (χ1v) is 7.12. The van der Waals surface area contributed by atoms with Gasteiger partial charge in [-0.1, -0.05) is 48.0 Å². The number of hydrogen-bond acceptors (Lipinski definition) is 2. The quantitative estimate of drug-likeness (QED) is 0.618. The summed E-state index contributed by atoms with van der Waals surface area (Å²) in [7, 11) is 0. The molecule has 1 heterocycles. The minimum atomic E-state index is 0.0290. The number of nitrogens with zero attached hydrogens (tertiary/aromatic N) is 1. The summed E-state index contributed by atoms with van der Waals surface area (Å²) in [6, 6.07) is 15.4. The van der Waals surface area contributed by atoms with Crippen molar-refractivity contribution in [3.63, 3.8) is 0 Å². The predicted molar refractivity (Wildman–Crippen MR) is 86.9 cm³/mol. The highest BCUT2D eigenvalue weighted by Crippen LogP contribution is 2.30. The molecular weight excluding hydrogens is 282 g/mol. The van der Waals surface area contributed by atoms with Crippen molar-refractivity contribution in [1.82, 2.24) is 4.98 Å². The first-order chi connectivity index (χ1) is 10.1. The molecule has 0 aliphatic rings. The van der Waals surface area contributed by atoms with Crippen molar-refractivity contribution in [3.05, 3.63) is 64.7 Å². The smallest absolute Gasteiger partial charge is 0.160 e. The molecule has 0 unspecified atom stereocenters. The van der Waals surface area contributed by atoms with Crippen LogP contribution in [-0.2, 0) is 0 Å². The number of Topliss-reactive ketones (excluding diaryl/α,β-unsaturated/α-hetero) is 1. The number of benzene rings is 2. The van der Waals surface area contributed by atoms with Crippen molar-refractivity contribution in [2.24, 2.45) is 0 Å². The zero-order chi connectivity index (χ0) is 15.0. The first kappa shape index (κ1) is 13.8. The number of halogens is 1. The van der Waals surface area contributed by atoms with Gasteiger partial charge in [-0.3, -0.25) is 4.79 Å². The molecule has 104 valence electrons.